The summed E-state index contributed by atoms with van der Waals surface area (Å²) < 4.78 is 5.37. The Labute approximate surface area is 107 Å². The molecule has 0 N–H and O–H groups in total. The van der Waals surface area contributed by atoms with Crippen LogP contribution in [0.2, 0.25) is 5.02 Å². The fourth-order valence-electron chi connectivity index (χ4n) is 2.42. The molecule has 0 bridgehead atoms. The van der Waals surface area contributed by atoms with Crippen LogP contribution in [0.4, 0.5) is 0 Å². The molecule has 4 heteroatoms. The third kappa shape index (κ3) is 1.05. The summed E-state index contributed by atoms with van der Waals surface area (Å²) in [4.78, 5) is 12.4. The molecule has 4 rings (SSSR count). The van der Waals surface area contributed by atoms with Crippen molar-refractivity contribution in [1.82, 2.24) is 5.16 Å². The van der Waals surface area contributed by atoms with Crippen molar-refractivity contribution in [3.05, 3.63) is 52.5 Å². The molecule has 18 heavy (non-hydrogen) atoms. The Morgan fingerprint density at radius 1 is 1.00 bits per heavy atom. The summed E-state index contributed by atoms with van der Waals surface area (Å²) in [5, 5.41) is 5.17. The number of nitrogens with zero attached hydrogens (tertiary/aromatic N) is 1. The number of fused-ring (bicyclic) bond motifs is 2. The molecule has 1 heterocycles. The van der Waals surface area contributed by atoms with Crippen molar-refractivity contribution in [1.29, 1.82) is 0 Å². The lowest BCUT2D eigenvalue weighted by molar-refractivity contribution is 0.104. The molecule has 1 aliphatic carbocycles. The summed E-state index contributed by atoms with van der Waals surface area (Å²) in [6.45, 7) is 0. The highest BCUT2D eigenvalue weighted by molar-refractivity contribution is 6.37. The molecule has 0 amide bonds. The van der Waals surface area contributed by atoms with Crippen LogP contribution in [-0.4, -0.2) is 10.9 Å². The highest BCUT2D eigenvalue weighted by Crippen LogP contribution is 2.41. The third-order valence-corrected chi connectivity index (χ3v) is 3.55. The fourth-order valence-corrected chi connectivity index (χ4v) is 2.61. The van der Waals surface area contributed by atoms with Gasteiger partial charge in [-0.2, -0.15) is 0 Å². The van der Waals surface area contributed by atoms with Gasteiger partial charge in [-0.25, -0.2) is 0 Å². The average Bonchev–Trinajstić information content (AvgIpc) is 2.84. The number of rotatable bonds is 0. The van der Waals surface area contributed by atoms with Gasteiger partial charge in [-0.3, -0.25) is 4.79 Å². The lowest BCUT2D eigenvalue weighted by Gasteiger charge is -2.13. The molecule has 1 aromatic heterocycles. The maximum atomic E-state index is 12.4. The molecular formula is C14H6ClNO2. The monoisotopic (exact) mass is 255 g/mol. The molecule has 3 nitrogen and oxygen atoms in total. The summed E-state index contributed by atoms with van der Waals surface area (Å²) in [6, 6.07) is 10.8. The van der Waals surface area contributed by atoms with Gasteiger partial charge in [0.1, 0.15) is 5.52 Å². The van der Waals surface area contributed by atoms with Gasteiger partial charge in [0.2, 0.25) is 0 Å². The maximum Gasteiger partial charge on any atom is 0.194 e. The zero-order valence-electron chi connectivity index (χ0n) is 9.11. The van der Waals surface area contributed by atoms with Crippen LogP contribution in [0.25, 0.3) is 22.2 Å². The second-order valence-corrected chi connectivity index (χ2v) is 4.61. The molecule has 2 aromatic carbocycles. The van der Waals surface area contributed by atoms with Gasteiger partial charge in [-0.1, -0.05) is 41.0 Å². The highest BCUT2D eigenvalue weighted by Gasteiger charge is 2.29. The lowest BCUT2D eigenvalue weighted by Crippen LogP contribution is -2.08. The second-order valence-electron chi connectivity index (χ2n) is 4.20. The van der Waals surface area contributed by atoms with Crippen molar-refractivity contribution in [3.63, 3.8) is 0 Å². The van der Waals surface area contributed by atoms with Gasteiger partial charge < -0.3 is 4.52 Å². The van der Waals surface area contributed by atoms with Gasteiger partial charge in [-0.05, 0) is 12.1 Å². The molecule has 0 unspecified atom stereocenters. The van der Waals surface area contributed by atoms with Crippen LogP contribution in [0.15, 0.2) is 40.9 Å². The number of carbonyl (C=O) groups is 1. The van der Waals surface area contributed by atoms with Crippen molar-refractivity contribution < 1.29 is 9.32 Å². The molecule has 86 valence electrons. The highest BCUT2D eigenvalue weighted by atomic mass is 35.5. The van der Waals surface area contributed by atoms with Gasteiger partial charge in [-0.15, -0.1) is 0 Å². The fraction of sp³-hybridized carbons (Fsp3) is 0. The van der Waals surface area contributed by atoms with Crippen molar-refractivity contribution in [2.24, 2.45) is 0 Å². The van der Waals surface area contributed by atoms with Gasteiger partial charge in [0, 0.05) is 16.7 Å². The first kappa shape index (κ1) is 9.85. The van der Waals surface area contributed by atoms with E-state index in [1.165, 1.54) is 0 Å². The predicted molar refractivity (Wildman–Crippen MR) is 67.9 cm³/mol. The summed E-state index contributed by atoms with van der Waals surface area (Å²) in [5.74, 6) is 0.612. The standard InChI is InChI=1S/C14H6ClNO2/c15-10-6-5-9-11-12(10)16-18-14(11)8-4-2-1-3-7(8)13(9)17/h1-6H. The number of aromatic nitrogens is 1. The Morgan fingerprint density at radius 3 is 2.61 bits per heavy atom. The zero-order chi connectivity index (χ0) is 12.3. The lowest BCUT2D eigenvalue weighted by atomic mass is 9.88. The number of carbonyl (C=O) groups excluding carboxylic acids is 1. The molecule has 1 aliphatic rings. The topological polar surface area (TPSA) is 43.1 Å². The smallest absolute Gasteiger partial charge is 0.194 e. The molecule has 0 radical (unpaired) electrons. The van der Waals surface area contributed by atoms with E-state index in [0.29, 0.717) is 32.8 Å². The number of ketones is 1. The van der Waals surface area contributed by atoms with Crippen LogP contribution in [0.5, 0.6) is 0 Å². The van der Waals surface area contributed by atoms with Crippen LogP contribution >= 0.6 is 11.6 Å². The van der Waals surface area contributed by atoms with E-state index in [-0.39, 0.29) is 5.78 Å². The summed E-state index contributed by atoms with van der Waals surface area (Å²) >= 11 is 6.06. The van der Waals surface area contributed by atoms with Crippen molar-refractivity contribution in [2.45, 2.75) is 0 Å². The first-order valence-electron chi connectivity index (χ1n) is 5.49. The third-order valence-electron chi connectivity index (χ3n) is 3.24. The summed E-state index contributed by atoms with van der Waals surface area (Å²) in [6.07, 6.45) is 0. The van der Waals surface area contributed by atoms with E-state index in [1.807, 2.05) is 18.2 Å². The van der Waals surface area contributed by atoms with E-state index in [1.54, 1.807) is 18.2 Å². The van der Waals surface area contributed by atoms with Crippen LogP contribution in [0, 0.1) is 0 Å². The minimum absolute atomic E-state index is 0.0111. The molecule has 0 spiro atoms. The largest absolute Gasteiger partial charge is 0.355 e. The first-order valence-corrected chi connectivity index (χ1v) is 5.87. The minimum atomic E-state index is -0.0111. The quantitative estimate of drug-likeness (QED) is 0.481. The van der Waals surface area contributed by atoms with Crippen molar-refractivity contribution >= 4 is 28.3 Å². The van der Waals surface area contributed by atoms with E-state index >= 15 is 0 Å². The molecular weight excluding hydrogens is 250 g/mol. The number of hydrogen-bond donors (Lipinski definition) is 0. The predicted octanol–water partition coefficient (Wildman–Crippen LogP) is 3.69. The van der Waals surface area contributed by atoms with Crippen LogP contribution in [0.1, 0.15) is 15.9 Å². The Morgan fingerprint density at radius 2 is 1.78 bits per heavy atom. The van der Waals surface area contributed by atoms with E-state index in [4.69, 9.17) is 16.1 Å². The number of hydrogen-bond acceptors (Lipinski definition) is 3. The van der Waals surface area contributed by atoms with Crippen LogP contribution in [0.3, 0.4) is 0 Å². The van der Waals surface area contributed by atoms with Crippen LogP contribution in [-0.2, 0) is 0 Å². The van der Waals surface area contributed by atoms with E-state index in [9.17, 15) is 4.79 Å². The minimum Gasteiger partial charge on any atom is -0.355 e. The Kier molecular flexibility index (Phi) is 1.76. The van der Waals surface area contributed by atoms with Gasteiger partial charge in [0.15, 0.2) is 11.5 Å². The normalized spacial score (nSPS) is 12.8. The van der Waals surface area contributed by atoms with E-state index in [0.717, 1.165) is 5.56 Å². The Bertz CT molecular complexity index is 820. The van der Waals surface area contributed by atoms with Crippen molar-refractivity contribution in [3.8, 4) is 11.3 Å². The molecule has 0 atom stereocenters. The molecule has 0 aliphatic heterocycles. The zero-order valence-corrected chi connectivity index (χ0v) is 9.86. The Hall–Kier alpha value is -2.13. The molecule has 0 saturated carbocycles. The average molecular weight is 256 g/mol. The summed E-state index contributed by atoms with van der Waals surface area (Å²) in [5.41, 5.74) is 2.57. The summed E-state index contributed by atoms with van der Waals surface area (Å²) in [7, 11) is 0. The van der Waals surface area contributed by atoms with E-state index in [2.05, 4.69) is 5.16 Å². The van der Waals surface area contributed by atoms with E-state index < -0.39 is 0 Å². The molecule has 0 saturated heterocycles. The second kappa shape index (κ2) is 3.21. The molecule has 3 aromatic rings. The van der Waals surface area contributed by atoms with Gasteiger partial charge in [0.25, 0.3) is 0 Å². The first-order chi connectivity index (χ1) is 8.77. The number of halogens is 1. The van der Waals surface area contributed by atoms with Gasteiger partial charge in [0.05, 0.1) is 10.4 Å². The van der Waals surface area contributed by atoms with Crippen LogP contribution < -0.4 is 0 Å². The van der Waals surface area contributed by atoms with Gasteiger partial charge >= 0.3 is 0 Å². The Balaban J connectivity index is 2.26. The maximum absolute atomic E-state index is 12.4. The number of benzene rings is 2. The SMILES string of the molecule is O=C1c2ccccc2-c2onc3c(Cl)ccc1c23. The molecule has 0 fully saturated rings. The van der Waals surface area contributed by atoms with Crippen molar-refractivity contribution in [2.75, 3.05) is 0 Å².